The summed E-state index contributed by atoms with van der Waals surface area (Å²) < 4.78 is 1.87. The fraction of sp³-hybridized carbons (Fsp3) is 0.227. The highest BCUT2D eigenvalue weighted by Crippen LogP contribution is 2.15. The minimum atomic E-state index is -0.556. The van der Waals surface area contributed by atoms with Crippen molar-refractivity contribution in [3.05, 3.63) is 76.8 Å². The molecular formula is C22H25N4O2S+. The van der Waals surface area contributed by atoms with E-state index in [1.54, 1.807) is 5.38 Å². The first-order valence-corrected chi connectivity index (χ1v) is 10.2. The quantitative estimate of drug-likeness (QED) is 0.374. The first kappa shape index (κ1) is 20.7. The number of nitrogens with one attached hydrogen (secondary N) is 1. The molecule has 3 rings (SSSR count). The average molecular weight is 410 g/mol. The predicted octanol–water partition coefficient (Wildman–Crippen LogP) is 2.90. The molecule has 6 nitrogen and oxygen atoms in total. The van der Waals surface area contributed by atoms with E-state index in [9.17, 15) is 9.90 Å². The zero-order valence-corrected chi connectivity index (χ0v) is 16.9. The lowest BCUT2D eigenvalue weighted by Gasteiger charge is -2.10. The highest BCUT2D eigenvalue weighted by Gasteiger charge is 2.13. The minimum Gasteiger partial charge on any atom is -0.382 e. The lowest BCUT2D eigenvalue weighted by molar-refractivity contribution is -0.529. The Morgan fingerprint density at radius 3 is 2.59 bits per heavy atom. The third-order valence-electron chi connectivity index (χ3n) is 4.48. The summed E-state index contributed by atoms with van der Waals surface area (Å²) in [6, 6.07) is 17.3. The van der Waals surface area contributed by atoms with Crippen molar-refractivity contribution < 1.29 is 14.5 Å². The molecule has 3 aromatic rings. The molecule has 1 heterocycles. The van der Waals surface area contributed by atoms with Gasteiger partial charge in [-0.2, -0.15) is 0 Å². The summed E-state index contributed by atoms with van der Waals surface area (Å²) in [7, 11) is 0. The highest BCUT2D eigenvalue weighted by atomic mass is 32.1. The van der Waals surface area contributed by atoms with Crippen molar-refractivity contribution in [3.8, 4) is 0 Å². The molecule has 2 aromatic carbocycles. The van der Waals surface area contributed by atoms with Gasteiger partial charge in [0.25, 0.3) is 0 Å². The van der Waals surface area contributed by atoms with Gasteiger partial charge >= 0.3 is 0 Å². The van der Waals surface area contributed by atoms with Crippen LogP contribution in [0.1, 0.15) is 22.9 Å². The molecule has 0 radical (unpaired) electrons. The van der Waals surface area contributed by atoms with E-state index in [4.69, 9.17) is 5.73 Å². The number of aliphatic hydroxyl groups is 1. The van der Waals surface area contributed by atoms with E-state index in [0.717, 1.165) is 29.8 Å². The molecule has 0 bridgehead atoms. The first-order chi connectivity index (χ1) is 14.0. The molecular weight excluding hydrogens is 384 g/mol. The van der Waals surface area contributed by atoms with E-state index < -0.39 is 6.10 Å². The Labute approximate surface area is 174 Å². The van der Waals surface area contributed by atoms with Gasteiger partial charge in [-0.3, -0.25) is 4.79 Å². The number of aliphatic hydroxyl groups excluding tert-OH is 1. The Hall–Kier alpha value is -3.03. The summed E-state index contributed by atoms with van der Waals surface area (Å²) in [4.78, 5) is 16.2. The minimum absolute atomic E-state index is 0.123. The molecule has 1 aromatic heterocycles. The molecule has 0 aliphatic rings. The Bertz CT molecular complexity index is 954. The number of nitrogens with two attached hydrogens (primary N) is 1. The van der Waals surface area contributed by atoms with E-state index in [-0.39, 0.29) is 12.3 Å². The van der Waals surface area contributed by atoms with Crippen LogP contribution in [-0.4, -0.2) is 40.4 Å². The Morgan fingerprint density at radius 2 is 1.93 bits per heavy atom. The Balaban J connectivity index is 1.44. The van der Waals surface area contributed by atoms with Gasteiger partial charge in [-0.05, 0) is 23.3 Å². The zero-order valence-electron chi connectivity index (χ0n) is 16.1. The van der Waals surface area contributed by atoms with Crippen molar-refractivity contribution in [3.63, 3.8) is 0 Å². The molecule has 29 heavy (non-hydrogen) atoms. The number of hydrogen-bond acceptors (Lipinski definition) is 5. The van der Waals surface area contributed by atoms with Gasteiger partial charge in [-0.1, -0.05) is 42.5 Å². The summed E-state index contributed by atoms with van der Waals surface area (Å²) in [5, 5.41) is 15.4. The summed E-state index contributed by atoms with van der Waals surface area (Å²) in [6.07, 6.45) is 0.451. The van der Waals surface area contributed by atoms with Crippen molar-refractivity contribution in [1.29, 1.82) is 0 Å². The van der Waals surface area contributed by atoms with Crippen LogP contribution in [0.15, 0.2) is 60.0 Å². The molecule has 0 aliphatic heterocycles. The normalized spacial score (nSPS) is 11.8. The smallest absolute Gasteiger partial charge is 0.230 e. The molecule has 150 valence electrons. The van der Waals surface area contributed by atoms with Gasteiger partial charge in [-0.15, -0.1) is 11.3 Å². The molecule has 4 N–H and O–H groups in total. The largest absolute Gasteiger partial charge is 0.382 e. The van der Waals surface area contributed by atoms with Crippen molar-refractivity contribution in [1.82, 2.24) is 4.98 Å². The molecule has 0 unspecified atom stereocenters. The molecule has 0 saturated heterocycles. The van der Waals surface area contributed by atoms with Crippen molar-refractivity contribution in [2.45, 2.75) is 18.9 Å². The summed E-state index contributed by atoms with van der Waals surface area (Å²) in [5.74, 6) is -0.123. The van der Waals surface area contributed by atoms with Gasteiger partial charge in [0.05, 0.1) is 12.1 Å². The number of carbonyl (C=O) groups excluding carboxylic acids is 1. The van der Waals surface area contributed by atoms with Gasteiger partial charge in [-0.25, -0.2) is 9.56 Å². The second-order valence-corrected chi connectivity index (χ2v) is 7.74. The second kappa shape index (κ2) is 9.95. The molecule has 0 saturated carbocycles. The lowest BCUT2D eigenvalue weighted by atomic mass is 10.1. The van der Waals surface area contributed by atoms with Crippen LogP contribution in [0.4, 0.5) is 10.8 Å². The van der Waals surface area contributed by atoms with Crippen LogP contribution in [0.3, 0.4) is 0 Å². The molecule has 0 fully saturated rings. The van der Waals surface area contributed by atoms with Gasteiger partial charge in [0, 0.05) is 17.5 Å². The number of rotatable bonds is 9. The van der Waals surface area contributed by atoms with Crippen LogP contribution < -0.4 is 11.1 Å². The number of anilines is 2. The maximum absolute atomic E-state index is 12.1. The third kappa shape index (κ3) is 6.51. The monoisotopic (exact) mass is 409 g/mol. The number of aromatic nitrogens is 1. The summed E-state index contributed by atoms with van der Waals surface area (Å²) in [5.41, 5.74) is 9.03. The van der Waals surface area contributed by atoms with Gasteiger partial charge in [0.2, 0.25) is 5.91 Å². The number of hydrogen-bond donors (Lipinski definition) is 3. The van der Waals surface area contributed by atoms with Crippen LogP contribution in [-0.2, 0) is 17.6 Å². The van der Waals surface area contributed by atoms with Crippen molar-refractivity contribution >= 4 is 34.8 Å². The Morgan fingerprint density at radius 1 is 1.21 bits per heavy atom. The number of benzene rings is 2. The average Bonchev–Trinajstić information content (AvgIpc) is 3.12. The maximum Gasteiger partial charge on any atom is 0.230 e. The summed E-state index contributed by atoms with van der Waals surface area (Å²) >= 11 is 1.33. The number of thiazole rings is 1. The van der Waals surface area contributed by atoms with Crippen molar-refractivity contribution in [2.24, 2.45) is 0 Å². The lowest BCUT2D eigenvalue weighted by Crippen LogP contribution is -2.20. The molecule has 0 spiro atoms. The van der Waals surface area contributed by atoms with Gasteiger partial charge < -0.3 is 16.2 Å². The molecule has 1 atom stereocenters. The van der Waals surface area contributed by atoms with E-state index >= 15 is 0 Å². The van der Waals surface area contributed by atoms with E-state index in [2.05, 4.69) is 17.0 Å². The van der Waals surface area contributed by atoms with Crippen molar-refractivity contribution in [2.75, 3.05) is 24.1 Å². The predicted molar refractivity (Wildman–Crippen MR) is 118 cm³/mol. The first-order valence-electron chi connectivity index (χ1n) is 9.37. The van der Waals surface area contributed by atoms with Crippen LogP contribution in [0.25, 0.3) is 0 Å². The Kier molecular flexibility index (Phi) is 7.10. The SMILES string of the molecule is C=[N+](CCc1ccc(NC(=O)Cc2csc(N)n2)cc1)C[C@H](O)c1ccccc1. The number of nitrogens with zero attached hydrogens (tertiary/aromatic N) is 2. The highest BCUT2D eigenvalue weighted by molar-refractivity contribution is 7.13. The third-order valence-corrected chi connectivity index (χ3v) is 5.20. The second-order valence-electron chi connectivity index (χ2n) is 6.85. The topological polar surface area (TPSA) is 91.2 Å². The van der Waals surface area contributed by atoms with Crippen LogP contribution in [0.2, 0.25) is 0 Å². The fourth-order valence-electron chi connectivity index (χ4n) is 2.93. The van der Waals surface area contributed by atoms with Gasteiger partial charge in [0.1, 0.15) is 19.4 Å². The summed E-state index contributed by atoms with van der Waals surface area (Å²) in [6.45, 7) is 5.21. The van der Waals surface area contributed by atoms with E-state index in [0.29, 0.717) is 17.4 Å². The fourth-order valence-corrected chi connectivity index (χ4v) is 3.49. The molecule has 7 heteroatoms. The maximum atomic E-state index is 12.1. The number of nitrogen functional groups attached to an aromatic ring is 1. The molecule has 0 aliphatic carbocycles. The van der Waals surface area contributed by atoms with Crippen LogP contribution in [0.5, 0.6) is 0 Å². The number of amides is 1. The standard InChI is InChI=1S/C22H24N4O2S/c1-26(14-20(27)17-5-3-2-4-6-17)12-11-16-7-9-18(10-8-16)24-21(28)13-19-15-29-22(23)25-19/h2-10,15,20,27H,1,11-14H2,(H2-,23,24,25,28)/p+1/t20-/m0/s1. The van der Waals surface area contributed by atoms with E-state index in [1.165, 1.54) is 11.3 Å². The number of carbonyl (C=O) groups is 1. The van der Waals surface area contributed by atoms with Crippen LogP contribution >= 0.6 is 11.3 Å². The van der Waals surface area contributed by atoms with E-state index in [1.807, 2.05) is 59.2 Å². The van der Waals surface area contributed by atoms with Crippen LogP contribution in [0, 0.1) is 0 Å². The van der Waals surface area contributed by atoms with Gasteiger partial charge in [0.15, 0.2) is 11.7 Å². The molecule has 1 amide bonds. The zero-order chi connectivity index (χ0) is 20.6.